The highest BCUT2D eigenvalue weighted by atomic mass is 32.2. The number of aliphatic hydroxyl groups excluding tert-OH is 1. The summed E-state index contributed by atoms with van der Waals surface area (Å²) < 4.78 is 5.14. The summed E-state index contributed by atoms with van der Waals surface area (Å²) >= 11 is 3.12. The Morgan fingerprint density at radius 2 is 2.11 bits per heavy atom. The molecule has 0 aliphatic carbocycles. The number of thioether (sulfide) groups is 1. The number of aromatic nitrogens is 2. The molecule has 0 amide bonds. The number of hydrogen-bond acceptors (Lipinski definition) is 5. The average Bonchev–Trinajstić information content (AvgIpc) is 2.81. The van der Waals surface area contributed by atoms with Gasteiger partial charge < -0.3 is 5.11 Å². The molecule has 0 bridgehead atoms. The van der Waals surface area contributed by atoms with Gasteiger partial charge in [0.1, 0.15) is 12.4 Å². The molecular weight excluding hydrogens is 264 g/mol. The lowest BCUT2D eigenvalue weighted by atomic mass is 10.1. The monoisotopic (exact) mass is 276 g/mol. The van der Waals surface area contributed by atoms with Crippen molar-refractivity contribution >= 4 is 23.3 Å². The Morgan fingerprint density at radius 1 is 1.33 bits per heavy atom. The average molecular weight is 276 g/mol. The van der Waals surface area contributed by atoms with Gasteiger partial charge in [0.05, 0.1) is 0 Å². The minimum atomic E-state index is -0.103. The number of nitrogens with zero attached hydrogens (tertiary/aromatic N) is 2. The molecule has 1 aromatic carbocycles. The normalized spacial score (nSPS) is 9.89. The van der Waals surface area contributed by atoms with Crippen molar-refractivity contribution in [2.24, 2.45) is 0 Å². The first kappa shape index (κ1) is 13.1. The Labute approximate surface area is 114 Å². The maximum absolute atomic E-state index is 8.61. The highest BCUT2D eigenvalue weighted by Crippen LogP contribution is 2.24. The number of rotatable bonds is 3. The second-order valence-corrected chi connectivity index (χ2v) is 5.53. The van der Waals surface area contributed by atoms with Gasteiger partial charge in [0, 0.05) is 11.3 Å². The third kappa shape index (κ3) is 3.84. The van der Waals surface area contributed by atoms with Crippen LogP contribution in [0.15, 0.2) is 28.6 Å². The van der Waals surface area contributed by atoms with Crippen LogP contribution < -0.4 is 0 Å². The van der Waals surface area contributed by atoms with Crippen molar-refractivity contribution in [1.82, 2.24) is 9.36 Å². The molecule has 1 aromatic heterocycles. The molecule has 0 fully saturated rings. The summed E-state index contributed by atoms with van der Waals surface area (Å²) in [5.74, 6) is 7.21. The van der Waals surface area contributed by atoms with Crippen molar-refractivity contribution < 1.29 is 5.11 Å². The first-order valence-electron chi connectivity index (χ1n) is 5.40. The molecule has 0 saturated heterocycles. The van der Waals surface area contributed by atoms with Crippen LogP contribution in [0.4, 0.5) is 0 Å². The molecule has 1 N–H and O–H groups in total. The minimum absolute atomic E-state index is 0.103. The number of aryl methyl sites for hydroxylation is 1. The van der Waals surface area contributed by atoms with E-state index in [-0.39, 0.29) is 6.61 Å². The summed E-state index contributed by atoms with van der Waals surface area (Å²) in [6.07, 6.45) is 0. The maximum atomic E-state index is 8.61. The number of hydrogen-bond donors (Lipinski definition) is 1. The zero-order valence-electron chi connectivity index (χ0n) is 9.88. The molecule has 0 radical (unpaired) electrons. The van der Waals surface area contributed by atoms with Gasteiger partial charge in [-0.15, -0.1) is 0 Å². The first-order valence-corrected chi connectivity index (χ1v) is 7.15. The van der Waals surface area contributed by atoms with Gasteiger partial charge in [0.15, 0.2) is 4.34 Å². The van der Waals surface area contributed by atoms with Crippen LogP contribution >= 0.6 is 23.3 Å². The van der Waals surface area contributed by atoms with Gasteiger partial charge in [-0.1, -0.05) is 35.7 Å². The molecule has 0 spiro atoms. The molecule has 5 heteroatoms. The molecule has 0 aliphatic heterocycles. The van der Waals surface area contributed by atoms with Crippen molar-refractivity contribution in [1.29, 1.82) is 0 Å². The van der Waals surface area contributed by atoms with Crippen LogP contribution in [0, 0.1) is 18.8 Å². The summed E-state index contributed by atoms with van der Waals surface area (Å²) in [5.41, 5.74) is 2.15. The molecule has 0 atom stereocenters. The molecule has 92 valence electrons. The van der Waals surface area contributed by atoms with Crippen LogP contribution in [-0.2, 0) is 5.75 Å². The fourth-order valence-corrected chi connectivity index (χ4v) is 2.91. The van der Waals surface area contributed by atoms with Crippen LogP contribution in [-0.4, -0.2) is 21.1 Å². The standard InChI is InChI=1S/C13H12N2OS2/c1-10-14-13(18-15-10)17-9-12-6-4-11(5-7-12)3-2-8-16/h4-7,16H,8-9H2,1H3. The lowest BCUT2D eigenvalue weighted by Crippen LogP contribution is -1.82. The summed E-state index contributed by atoms with van der Waals surface area (Å²) in [6, 6.07) is 8.01. The minimum Gasteiger partial charge on any atom is -0.384 e. The van der Waals surface area contributed by atoms with Gasteiger partial charge in [-0.2, -0.15) is 4.37 Å². The van der Waals surface area contributed by atoms with Gasteiger partial charge >= 0.3 is 0 Å². The van der Waals surface area contributed by atoms with Crippen molar-refractivity contribution in [2.75, 3.05) is 6.61 Å². The summed E-state index contributed by atoms with van der Waals surface area (Å²) in [7, 11) is 0. The van der Waals surface area contributed by atoms with E-state index < -0.39 is 0 Å². The van der Waals surface area contributed by atoms with E-state index in [4.69, 9.17) is 5.11 Å². The predicted octanol–water partition coefficient (Wildman–Crippen LogP) is 2.48. The zero-order valence-corrected chi connectivity index (χ0v) is 11.5. The summed E-state index contributed by atoms with van der Waals surface area (Å²) in [6.45, 7) is 1.79. The fourth-order valence-electron chi connectivity index (χ4n) is 1.31. The van der Waals surface area contributed by atoms with Crippen molar-refractivity contribution in [3.63, 3.8) is 0 Å². The molecule has 0 unspecified atom stereocenters. The molecule has 0 aliphatic rings. The van der Waals surface area contributed by atoms with E-state index in [2.05, 4.69) is 21.2 Å². The Balaban J connectivity index is 1.94. The second-order valence-electron chi connectivity index (χ2n) is 3.55. The summed E-state index contributed by atoms with van der Waals surface area (Å²) in [5, 5.41) is 8.61. The summed E-state index contributed by atoms with van der Waals surface area (Å²) in [4.78, 5) is 4.30. The number of aliphatic hydroxyl groups is 1. The quantitative estimate of drug-likeness (QED) is 0.691. The van der Waals surface area contributed by atoms with Crippen molar-refractivity contribution in [3.05, 3.63) is 41.2 Å². The third-order valence-electron chi connectivity index (χ3n) is 2.14. The van der Waals surface area contributed by atoms with E-state index in [1.165, 1.54) is 17.1 Å². The van der Waals surface area contributed by atoms with Gasteiger partial charge in [-0.25, -0.2) is 4.98 Å². The highest BCUT2D eigenvalue weighted by Gasteiger charge is 2.01. The van der Waals surface area contributed by atoms with Gasteiger partial charge in [0.25, 0.3) is 0 Å². The molecule has 0 saturated carbocycles. The maximum Gasteiger partial charge on any atom is 0.170 e. The zero-order chi connectivity index (χ0) is 12.8. The van der Waals surface area contributed by atoms with Crippen LogP contribution in [0.3, 0.4) is 0 Å². The van der Waals surface area contributed by atoms with Crippen LogP contribution in [0.25, 0.3) is 0 Å². The Hall–Kier alpha value is -1.35. The Morgan fingerprint density at radius 3 is 2.72 bits per heavy atom. The van der Waals surface area contributed by atoms with E-state index in [0.29, 0.717) is 0 Å². The van der Waals surface area contributed by atoms with Gasteiger partial charge in [-0.05, 0) is 36.2 Å². The van der Waals surface area contributed by atoms with E-state index in [0.717, 1.165) is 21.5 Å². The van der Waals surface area contributed by atoms with E-state index in [9.17, 15) is 0 Å². The van der Waals surface area contributed by atoms with E-state index in [1.54, 1.807) is 11.8 Å². The van der Waals surface area contributed by atoms with Gasteiger partial charge in [-0.3, -0.25) is 0 Å². The van der Waals surface area contributed by atoms with Crippen LogP contribution in [0.5, 0.6) is 0 Å². The first-order chi connectivity index (χ1) is 8.78. The predicted molar refractivity (Wildman–Crippen MR) is 74.6 cm³/mol. The third-order valence-corrected chi connectivity index (χ3v) is 4.13. The topological polar surface area (TPSA) is 46.0 Å². The number of benzene rings is 1. The molecule has 18 heavy (non-hydrogen) atoms. The fraction of sp³-hybridized carbons (Fsp3) is 0.231. The largest absolute Gasteiger partial charge is 0.384 e. The Bertz CT molecular complexity index is 567. The molecular formula is C13H12N2OS2. The van der Waals surface area contributed by atoms with Gasteiger partial charge in [0.2, 0.25) is 0 Å². The second kappa shape index (κ2) is 6.55. The SMILES string of the molecule is Cc1nsc(SCc2ccc(C#CCO)cc2)n1. The lowest BCUT2D eigenvalue weighted by Gasteiger charge is -1.98. The molecule has 1 heterocycles. The molecule has 2 rings (SSSR count). The lowest BCUT2D eigenvalue weighted by molar-refractivity contribution is 0.350. The Kier molecular flexibility index (Phi) is 4.76. The smallest absolute Gasteiger partial charge is 0.170 e. The van der Waals surface area contributed by atoms with E-state index in [1.807, 2.05) is 31.2 Å². The van der Waals surface area contributed by atoms with Crippen LogP contribution in [0.2, 0.25) is 0 Å². The van der Waals surface area contributed by atoms with Crippen molar-refractivity contribution in [3.8, 4) is 11.8 Å². The van der Waals surface area contributed by atoms with Crippen LogP contribution in [0.1, 0.15) is 17.0 Å². The highest BCUT2D eigenvalue weighted by molar-refractivity contribution is 8.00. The van der Waals surface area contributed by atoms with Crippen molar-refractivity contribution in [2.45, 2.75) is 17.0 Å². The molecule has 2 aromatic rings. The molecule has 3 nitrogen and oxygen atoms in total. The van der Waals surface area contributed by atoms with E-state index >= 15 is 0 Å².